The first-order valence-electron chi connectivity index (χ1n) is 15.2. The van der Waals surface area contributed by atoms with Crippen LogP contribution in [0.5, 0.6) is 0 Å². The number of aliphatic hydroxyl groups is 7. The molecule has 2 fully saturated rings. The van der Waals surface area contributed by atoms with Gasteiger partial charge >= 0.3 is 98.3 Å². The van der Waals surface area contributed by atoms with Crippen molar-refractivity contribution in [3.8, 4) is 0 Å². The van der Waals surface area contributed by atoms with E-state index in [-0.39, 0.29) is 0 Å². The Morgan fingerprint density at radius 1 is 0.791 bits per heavy atom. The largest absolute Gasteiger partial charge is 0.550 e. The van der Waals surface area contributed by atoms with Crippen molar-refractivity contribution in [2.45, 2.75) is 140 Å². The van der Waals surface area contributed by atoms with Crippen molar-refractivity contribution in [2.24, 2.45) is 0 Å². The molecule has 2 heterocycles. The van der Waals surface area contributed by atoms with E-state index in [1.54, 1.807) is 13.3 Å². The molecule has 0 aromatic carbocycles. The summed E-state index contributed by atoms with van der Waals surface area (Å²) in [6.07, 6.45) is -6.08. The molecular weight excluding hydrogens is 679 g/mol. The Bertz CT molecular complexity index is 770. The monoisotopic (exact) mass is 732 g/mol. The molecule has 0 aliphatic carbocycles. The van der Waals surface area contributed by atoms with Crippen molar-refractivity contribution in [3.63, 3.8) is 0 Å². The number of ether oxygens (including phenoxy) is 4. The maximum absolute atomic E-state index is 11.9. The molecule has 2 aliphatic rings. The van der Waals surface area contributed by atoms with Crippen molar-refractivity contribution in [1.82, 2.24) is 0 Å². The van der Waals surface area contributed by atoms with E-state index in [0.717, 1.165) is 0 Å². The molecule has 43 heavy (non-hydrogen) atoms. The van der Waals surface area contributed by atoms with Crippen LogP contribution in [0.15, 0.2) is 0 Å². The zero-order valence-corrected chi connectivity index (χ0v) is 28.4. The Labute approximate surface area is 260 Å². The van der Waals surface area contributed by atoms with E-state index in [4.69, 9.17) is 18.9 Å². The van der Waals surface area contributed by atoms with Crippen molar-refractivity contribution in [1.29, 1.82) is 0 Å². The first-order valence-corrected chi connectivity index (χ1v) is 21.3. The second-order valence-corrected chi connectivity index (χ2v) is 19.5. The van der Waals surface area contributed by atoms with Gasteiger partial charge in [0.2, 0.25) is 5.79 Å². The number of carbonyl (C=O) groups excluding carboxylic acids is 2. The molecule has 0 spiro atoms. The zero-order valence-electron chi connectivity index (χ0n) is 25.5. The van der Waals surface area contributed by atoms with Gasteiger partial charge in [-0.25, -0.2) is 0 Å². The average Bonchev–Trinajstić information content (AvgIpc) is 3.26. The predicted molar refractivity (Wildman–Crippen MR) is 152 cm³/mol. The average molecular weight is 731 g/mol. The Kier molecular flexibility index (Phi) is 19.9. The molecule has 7 N–H and O–H groups in total. The third kappa shape index (κ3) is 12.6. The van der Waals surface area contributed by atoms with Crippen LogP contribution in [0.1, 0.15) is 72.1 Å². The molecule has 0 amide bonds. The summed E-state index contributed by atoms with van der Waals surface area (Å²) < 4.78 is 25.9. The van der Waals surface area contributed by atoms with Crippen LogP contribution in [0, 0.1) is 0 Å². The van der Waals surface area contributed by atoms with Crippen LogP contribution >= 0.6 is 0 Å². The maximum Gasteiger partial charge on any atom is 0.306 e. The van der Waals surface area contributed by atoms with Gasteiger partial charge in [0, 0.05) is 5.97 Å². The number of unbranched alkanes of at least 4 members (excludes halogenated alkanes) is 3. The number of aliphatic carboxylic acids is 1. The molecule has 0 bridgehead atoms. The second-order valence-electron chi connectivity index (χ2n) is 11.0. The van der Waals surface area contributed by atoms with Gasteiger partial charge in [-0.3, -0.25) is 4.79 Å². The molecule has 9 atom stereocenters. The van der Waals surface area contributed by atoms with E-state index < -0.39 is 119 Å². The molecule has 0 saturated carbocycles. The zero-order chi connectivity index (χ0) is 32.6. The molecule has 0 radical (unpaired) electrons. The van der Waals surface area contributed by atoms with E-state index in [0.29, 0.717) is 0 Å². The Hall–Kier alpha value is -0.661. The Balaban J connectivity index is 0.000000599. The summed E-state index contributed by atoms with van der Waals surface area (Å²) in [4.78, 5) is 22.4. The number of carboxylic acid groups (broad SMARTS) is 1. The van der Waals surface area contributed by atoms with E-state index in [1.807, 2.05) is 0 Å². The minimum Gasteiger partial charge on any atom is -0.550 e. The Morgan fingerprint density at radius 3 is 1.77 bits per heavy atom. The van der Waals surface area contributed by atoms with E-state index in [2.05, 4.69) is 20.8 Å². The third-order valence-corrected chi connectivity index (χ3v) is 16.6. The SMILES string of the molecule is CCC[CH2][Sn+]([CH2]CCC)[CH2]CCC.O=C([O-])CCC(=O)O[C@H]1[C@H](O)[C@@H](CO)O[C@@]1(CO)O[C@H]1O[C@H](CO)[C@@H](O)[C@H](O)[C@H]1O. The van der Waals surface area contributed by atoms with Crippen LogP contribution in [0.4, 0.5) is 0 Å². The summed E-state index contributed by atoms with van der Waals surface area (Å²) in [6.45, 7) is 4.32. The number of hydrogen-bond acceptors (Lipinski definition) is 14. The predicted octanol–water partition coefficient (Wildman–Crippen LogP) is -1.43. The molecule has 14 nitrogen and oxygen atoms in total. The Morgan fingerprint density at radius 2 is 1.33 bits per heavy atom. The van der Waals surface area contributed by atoms with E-state index in [1.165, 1.54) is 38.5 Å². The smallest absolute Gasteiger partial charge is 0.306 e. The molecule has 2 saturated heterocycles. The van der Waals surface area contributed by atoms with Crippen LogP contribution in [-0.4, -0.2) is 142 Å². The summed E-state index contributed by atoms with van der Waals surface area (Å²) >= 11 is -0.839. The maximum atomic E-state index is 11.9. The van der Waals surface area contributed by atoms with E-state index >= 15 is 0 Å². The van der Waals surface area contributed by atoms with E-state index in [9.17, 15) is 50.4 Å². The molecule has 0 aromatic rings. The summed E-state index contributed by atoms with van der Waals surface area (Å²) in [6, 6.07) is 0. The van der Waals surface area contributed by atoms with Gasteiger partial charge < -0.3 is 64.6 Å². The number of rotatable bonds is 18. The summed E-state index contributed by atoms with van der Waals surface area (Å²) in [7, 11) is 0. The van der Waals surface area contributed by atoms with Crippen molar-refractivity contribution in [3.05, 3.63) is 0 Å². The molecule has 2 aliphatic heterocycles. The van der Waals surface area contributed by atoms with Gasteiger partial charge in [0.15, 0.2) is 12.4 Å². The normalized spacial score (nSPS) is 32.1. The van der Waals surface area contributed by atoms with Gasteiger partial charge in [-0.2, -0.15) is 0 Å². The standard InChI is InChI=1S/C16H26O14.3C4H9.Sn/c17-3-6-10(23)12(25)13(26)15(27-6)30-16(5-19)14(11(24)7(4-18)29-16)28-9(22)2-1-8(20)21;3*1-3-4-2;/h6-7,10-15,17-19,23-26H,1-5H2,(H,20,21);3*1,3-4H2,2H3;/q;;;;+1/p-1/t6-,7-,10-,11-,12+,13-,14+,15-,16+;;;;/m1..../s1. The fraction of sp³-hybridized carbons (Fsp3) is 0.929. The number of carbonyl (C=O) groups is 2. The third-order valence-electron chi connectivity index (χ3n) is 7.48. The van der Waals surface area contributed by atoms with Gasteiger partial charge in [-0.1, -0.05) is 0 Å². The number of aliphatic hydroxyl groups excluding tert-OH is 7. The fourth-order valence-corrected chi connectivity index (χ4v) is 14.3. The molecule has 252 valence electrons. The molecular formula is C28H52O14Sn. The minimum atomic E-state index is -2.41. The molecule has 15 heteroatoms. The van der Waals surface area contributed by atoms with Crippen molar-refractivity contribution >= 4 is 31.7 Å². The van der Waals surface area contributed by atoms with Crippen molar-refractivity contribution in [2.75, 3.05) is 19.8 Å². The molecule has 2 rings (SSSR count). The fourth-order valence-electron chi connectivity index (χ4n) is 4.83. The van der Waals surface area contributed by atoms with Gasteiger partial charge in [-0.15, -0.1) is 0 Å². The number of hydrogen-bond donors (Lipinski definition) is 7. The number of esters is 1. The van der Waals surface area contributed by atoms with Crippen LogP contribution in [0.2, 0.25) is 13.3 Å². The molecule has 0 aromatic heterocycles. The van der Waals surface area contributed by atoms with Crippen molar-refractivity contribution < 1.29 is 69.4 Å². The summed E-state index contributed by atoms with van der Waals surface area (Å²) in [5, 5.41) is 79.1. The topological polar surface area (TPSA) is 236 Å². The summed E-state index contributed by atoms with van der Waals surface area (Å²) in [5.74, 6) is -5.06. The minimum absolute atomic E-state index is 0.642. The van der Waals surface area contributed by atoms with Gasteiger partial charge in [-0.05, 0) is 6.42 Å². The molecule has 0 unspecified atom stereocenters. The van der Waals surface area contributed by atoms with Gasteiger partial charge in [0.05, 0.1) is 19.6 Å². The first kappa shape index (κ1) is 40.4. The van der Waals surface area contributed by atoms with Crippen LogP contribution in [0.25, 0.3) is 0 Å². The quantitative estimate of drug-likeness (QED) is 0.0633. The van der Waals surface area contributed by atoms with Crippen LogP contribution in [0.3, 0.4) is 0 Å². The summed E-state index contributed by atoms with van der Waals surface area (Å²) in [5.41, 5.74) is 0. The van der Waals surface area contributed by atoms with Crippen LogP contribution < -0.4 is 5.11 Å². The van der Waals surface area contributed by atoms with Gasteiger partial charge in [0.25, 0.3) is 0 Å². The van der Waals surface area contributed by atoms with Crippen LogP contribution in [-0.2, 0) is 28.5 Å². The number of carboxylic acids is 1. The second kappa shape index (κ2) is 21.2. The van der Waals surface area contributed by atoms with Gasteiger partial charge in [0.1, 0.15) is 43.2 Å². The first-order chi connectivity index (χ1) is 20.4.